The van der Waals surface area contributed by atoms with Gasteiger partial charge in [0.2, 0.25) is 0 Å². The van der Waals surface area contributed by atoms with Crippen molar-refractivity contribution in [3.8, 4) is 23.0 Å². The number of aromatic amines is 4. The second kappa shape index (κ2) is 54.6. The van der Waals surface area contributed by atoms with E-state index in [1.54, 1.807) is 149 Å². The van der Waals surface area contributed by atoms with E-state index in [1.807, 2.05) is 41.5 Å². The van der Waals surface area contributed by atoms with Gasteiger partial charge in [0.15, 0.2) is 24.9 Å². The Hall–Kier alpha value is -9.88. The summed E-state index contributed by atoms with van der Waals surface area (Å²) in [4.78, 5) is 147. The molecular weight excluding hydrogens is 2130 g/mol. The average molecular weight is 2250 g/mol. The van der Waals surface area contributed by atoms with Crippen molar-refractivity contribution in [1.82, 2.24) is 58.6 Å². The van der Waals surface area contributed by atoms with Crippen molar-refractivity contribution in [3.05, 3.63) is 254 Å². The lowest BCUT2D eigenvalue weighted by atomic mass is 10.0. The maximum absolute atomic E-state index is 13.9. The third kappa shape index (κ3) is 34.1. The molecule has 56 heteroatoms. The molecule has 0 bridgehead atoms. The summed E-state index contributed by atoms with van der Waals surface area (Å²) >= 11 is 26.2. The highest BCUT2D eigenvalue weighted by atomic mass is 35.5. The van der Waals surface area contributed by atoms with E-state index in [9.17, 15) is 96.2 Å². The van der Waals surface area contributed by atoms with Gasteiger partial charge in [0, 0.05) is 49.1 Å². The van der Waals surface area contributed by atoms with E-state index < -0.39 is 244 Å². The largest absolute Gasteiger partial charge is 0.465 e. The van der Waals surface area contributed by atoms with E-state index in [0.29, 0.717) is 0 Å². The van der Waals surface area contributed by atoms with E-state index in [1.165, 1.54) is 59.4 Å². The molecule has 0 saturated carbocycles. The van der Waals surface area contributed by atoms with E-state index in [4.69, 9.17) is 120 Å². The smallest absolute Gasteiger partial charge is 0.459 e. The highest BCUT2D eigenvalue weighted by Gasteiger charge is 2.59. The minimum absolute atomic E-state index is 0.0374. The molecule has 4 saturated heterocycles. The van der Waals surface area contributed by atoms with Gasteiger partial charge >= 0.3 is 77.6 Å². The molecule has 149 heavy (non-hydrogen) atoms. The third-order valence-corrected chi connectivity index (χ3v) is 30.6. The molecular formula is C93H126Cl4N12O36P4. The zero-order chi connectivity index (χ0) is 110. The zero-order valence-electron chi connectivity index (χ0n) is 83.9. The number of esters is 4. The van der Waals surface area contributed by atoms with Crippen LogP contribution in [0, 0.1) is 17.8 Å². The number of hydrogen-bond acceptors (Lipinski definition) is 36. The maximum atomic E-state index is 13.9. The van der Waals surface area contributed by atoms with Crippen molar-refractivity contribution >= 4 is 101 Å². The number of aliphatic hydroxyl groups excluding tert-OH is 4. The molecule has 12 N–H and O–H groups in total. The molecule has 4 aliphatic heterocycles. The van der Waals surface area contributed by atoms with Crippen LogP contribution in [0.25, 0.3) is 0 Å². The van der Waals surface area contributed by atoms with Gasteiger partial charge in [-0.1, -0.05) is 114 Å². The number of carbonyl (C=O) groups is 4. The minimum atomic E-state index is -4.26. The molecule has 0 amide bonds. The van der Waals surface area contributed by atoms with Gasteiger partial charge in [0.1, 0.15) is 115 Å². The number of hydrogen-bond donors (Lipinski definition) is 12. The van der Waals surface area contributed by atoms with Crippen LogP contribution in [0.3, 0.4) is 0 Å². The summed E-state index contributed by atoms with van der Waals surface area (Å²) in [6, 6.07) is 33.2. The maximum Gasteiger partial charge on any atom is 0.459 e. The fraction of sp³-hybridized carbons (Fsp3) is 0.527. The Morgan fingerprint density at radius 1 is 0.336 bits per heavy atom. The lowest BCUT2D eigenvalue weighted by Gasteiger charge is -2.27. The fourth-order valence-corrected chi connectivity index (χ4v) is 22.5. The molecule has 4 aromatic heterocycles. The lowest BCUT2D eigenvalue weighted by Crippen LogP contribution is -2.43. The van der Waals surface area contributed by atoms with Crippen LogP contribution in [-0.4, -0.2) is 228 Å². The first kappa shape index (κ1) is 123. The van der Waals surface area contributed by atoms with E-state index in [0.717, 1.165) is 42.5 Å². The van der Waals surface area contributed by atoms with E-state index >= 15 is 0 Å². The average Bonchev–Trinajstić information content (AvgIpc) is 1.63. The Bertz CT molecular complexity index is 6010. The Balaban J connectivity index is 0.000000221. The van der Waals surface area contributed by atoms with Gasteiger partial charge in [0.25, 0.3) is 22.2 Å². The van der Waals surface area contributed by atoms with Gasteiger partial charge in [-0.2, -0.15) is 20.3 Å². The van der Waals surface area contributed by atoms with Crippen molar-refractivity contribution < 1.29 is 132 Å². The summed E-state index contributed by atoms with van der Waals surface area (Å²) in [5.41, 5.74) is -5.57. The van der Waals surface area contributed by atoms with Crippen LogP contribution in [0.15, 0.2) is 209 Å². The van der Waals surface area contributed by atoms with Crippen molar-refractivity contribution in [2.24, 2.45) is 17.8 Å². The summed E-state index contributed by atoms with van der Waals surface area (Å²) < 4.78 is 148. The number of para-hydroxylation sites is 4. The number of halogens is 4. The molecule has 12 rings (SSSR count). The molecule has 822 valence electrons. The minimum Gasteiger partial charge on any atom is -0.465 e. The molecule has 0 spiro atoms. The number of H-pyrrole nitrogens is 4. The molecule has 0 radical (unpaired) electrons. The van der Waals surface area contributed by atoms with Crippen LogP contribution in [0.1, 0.15) is 148 Å². The number of aliphatic hydroxyl groups is 4. The summed E-state index contributed by atoms with van der Waals surface area (Å²) in [5, 5.41) is 54.0. The summed E-state index contributed by atoms with van der Waals surface area (Å²) in [6.45, 7) is 23.8. The Morgan fingerprint density at radius 3 is 0.718 bits per heavy atom. The lowest BCUT2D eigenvalue weighted by molar-refractivity contribution is -0.146. The predicted octanol–water partition coefficient (Wildman–Crippen LogP) is 9.23. The van der Waals surface area contributed by atoms with Gasteiger partial charge in [-0.05, 0) is 148 Å². The highest BCUT2D eigenvalue weighted by Crippen LogP contribution is 2.54. The molecule has 4 unspecified atom stereocenters. The van der Waals surface area contributed by atoms with Crippen LogP contribution < -0.4 is 83.4 Å². The fourth-order valence-electron chi connectivity index (χ4n) is 15.3. The third-order valence-electron chi connectivity index (χ3n) is 22.6. The quantitative estimate of drug-likeness (QED) is 0.00731. The van der Waals surface area contributed by atoms with Crippen molar-refractivity contribution in [2.75, 3.05) is 52.9 Å². The normalized spacial score (nSPS) is 25.8. The Morgan fingerprint density at radius 2 is 0.530 bits per heavy atom. The van der Waals surface area contributed by atoms with Crippen molar-refractivity contribution in [1.29, 1.82) is 0 Å². The molecule has 0 aliphatic carbocycles. The molecule has 24 atom stereocenters. The second-order valence-corrected chi connectivity index (χ2v) is 46.2. The van der Waals surface area contributed by atoms with E-state index in [-0.39, 0.29) is 86.4 Å². The number of carbonyl (C=O) groups excluding carboxylic acids is 4. The van der Waals surface area contributed by atoms with Gasteiger partial charge < -0.3 is 76.4 Å². The van der Waals surface area contributed by atoms with Crippen molar-refractivity contribution in [3.63, 3.8) is 0 Å². The van der Waals surface area contributed by atoms with Crippen molar-refractivity contribution in [2.45, 2.75) is 241 Å². The van der Waals surface area contributed by atoms with Crippen LogP contribution in [0.4, 0.5) is 0 Å². The standard InChI is InChI=1S/3C24H33ClN3O9P.C21H27ClN3O9P/c3*1-5-34-21(31)17(13-15(2)3)27-38(33,37-16-9-7-6-8-10-16)35-14-18-20(30)24(4,25)22(36-18)28-12-11-19(29)26-23(28)32;1-4-31-18(28)13(2)24-35(30,34-14-8-6-5-7-9-14)32-12-15-17(27)21(3,22)19(33-15)25-11-10-16(26)23-20(25)29/h3*6-12,15,17-18,20,22,30H,5,13-14H2,1-4H3,(H,27,33)(H,26,29,32);5-11,13,15,17,19,27H,4,12H2,1-3H3,(H,24,30)(H,23,26,29)/t17?,18-,20-,22-,24-,38?;17-,18+,20+,22+,24+,38?;17-,18-,20-,22-,24-,38?;13-,15+,17+,19+,21+,35+/m1010/s1. The van der Waals surface area contributed by atoms with Gasteiger partial charge in [-0.25, -0.2) is 37.4 Å². The van der Waals surface area contributed by atoms with Gasteiger partial charge in [-0.3, -0.25) is 94.7 Å². The number of ether oxygens (including phenoxy) is 8. The number of nitrogens with zero attached hydrogens (tertiary/aromatic N) is 4. The first-order valence-corrected chi connectivity index (χ1v) is 54.8. The number of alkyl halides is 4. The highest BCUT2D eigenvalue weighted by molar-refractivity contribution is 7.53. The molecule has 8 heterocycles. The van der Waals surface area contributed by atoms with Crippen LogP contribution in [0.2, 0.25) is 0 Å². The van der Waals surface area contributed by atoms with Gasteiger partial charge in [-0.15, -0.1) is 46.4 Å². The predicted molar refractivity (Wildman–Crippen MR) is 543 cm³/mol. The van der Waals surface area contributed by atoms with Crippen LogP contribution >= 0.6 is 77.4 Å². The van der Waals surface area contributed by atoms with Gasteiger partial charge in [0.05, 0.1) is 52.9 Å². The topological polar surface area (TPSA) is 633 Å². The first-order chi connectivity index (χ1) is 70.0. The monoisotopic (exact) mass is 2250 g/mol. The molecule has 4 aromatic carbocycles. The molecule has 48 nitrogen and oxygen atoms in total. The number of aromatic nitrogens is 8. The summed E-state index contributed by atoms with van der Waals surface area (Å²) in [5.74, 6) is -1.59. The van der Waals surface area contributed by atoms with Crippen LogP contribution in [0.5, 0.6) is 23.0 Å². The molecule has 4 aliphatic rings. The summed E-state index contributed by atoms with van der Waals surface area (Å²) in [6.07, 6.45) is -9.23. The Kier molecular flexibility index (Phi) is 44.9. The SMILES string of the molecule is CCOC(=O)C(CC(C)C)NP(=O)(OC[C@H]1O[C@@H](n2ccc(=O)[nH]c2=O)[C@](C)(Cl)[C@@H]1O)Oc1ccccc1.CCOC(=O)[C@@H](CC(C)C)NP(=O)(OC[C@H]1O[C@@H](n2ccc(=O)[nH]c2=O)[C@](C)(Cl)[C@@H]1O)Oc1ccccc1.CCOC(=O)[C@H](C)N[P@@](=O)(OC[C@H]1O[C@@H](n2ccc(=O)[nH]c2=O)[C@](C)(Cl)[C@@H]1O)Oc1ccccc1.CCOC(=O)[C@H](CC(C)C)NP(=O)(OC[C@H]1O[C@@H](n2ccc(=O)[nH]c2=O)[C@](C)(Cl)[C@@H]1O)Oc1ccccc1. The second-order valence-electron chi connectivity index (χ2n) is 36.1. The number of benzene rings is 4. The molecule has 8 aromatic rings. The molecule has 4 fully saturated rings. The number of nitrogens with one attached hydrogen (secondary N) is 8. The summed E-state index contributed by atoms with van der Waals surface area (Å²) in [7, 11) is -17.0. The first-order valence-electron chi connectivity index (χ1n) is 47.1. The van der Waals surface area contributed by atoms with Crippen LogP contribution in [-0.2, 0) is 93.4 Å². The Labute approximate surface area is 874 Å². The van der Waals surface area contributed by atoms with E-state index in [2.05, 4.69) is 40.3 Å². The number of rotatable bonds is 46. The zero-order valence-corrected chi connectivity index (χ0v) is 90.5.